The van der Waals surface area contributed by atoms with Crippen molar-refractivity contribution in [3.63, 3.8) is 0 Å². The van der Waals surface area contributed by atoms with Crippen molar-refractivity contribution in [2.45, 2.75) is 25.9 Å². The third-order valence-electron chi connectivity index (χ3n) is 2.60. The van der Waals surface area contributed by atoms with Crippen molar-refractivity contribution in [2.75, 3.05) is 13.7 Å². The molecule has 0 atom stereocenters. The molecule has 0 aliphatic rings. The lowest BCUT2D eigenvalue weighted by atomic mass is 9.84. The molecule has 1 aromatic rings. The van der Waals surface area contributed by atoms with Crippen LogP contribution in [0.25, 0.3) is 0 Å². The Morgan fingerprint density at radius 2 is 1.93 bits per heavy atom. The van der Waals surface area contributed by atoms with E-state index in [1.807, 2.05) is 32.0 Å². The van der Waals surface area contributed by atoms with Crippen molar-refractivity contribution in [3.8, 4) is 5.75 Å². The molecule has 0 aliphatic heterocycles. The van der Waals surface area contributed by atoms with Gasteiger partial charge in [0.05, 0.1) is 20.3 Å². The maximum Gasteiger partial charge on any atom is 0.128 e. The first-order valence-electron chi connectivity index (χ1n) is 4.95. The maximum atomic E-state index is 9.31. The van der Waals surface area contributed by atoms with Gasteiger partial charge in [-0.25, -0.2) is 0 Å². The van der Waals surface area contributed by atoms with E-state index < -0.39 is 0 Å². The van der Waals surface area contributed by atoms with Crippen LogP contribution in [0.3, 0.4) is 0 Å². The van der Waals surface area contributed by atoms with Crippen molar-refractivity contribution in [1.82, 2.24) is 0 Å². The Bertz CT molecular complexity index is 332. The summed E-state index contributed by atoms with van der Waals surface area (Å²) in [7, 11) is 1.57. The van der Waals surface area contributed by atoms with Crippen molar-refractivity contribution >= 4 is 0 Å². The molecule has 3 heteroatoms. The van der Waals surface area contributed by atoms with Gasteiger partial charge in [0.25, 0.3) is 0 Å². The largest absolute Gasteiger partial charge is 0.496 e. The van der Waals surface area contributed by atoms with E-state index in [1.54, 1.807) is 7.11 Å². The van der Waals surface area contributed by atoms with Crippen molar-refractivity contribution in [1.29, 1.82) is 0 Å². The summed E-state index contributed by atoms with van der Waals surface area (Å²) in [5.41, 5.74) is 1.30. The average Bonchev–Trinajstić information content (AvgIpc) is 2.27. The molecule has 0 unspecified atom stereocenters. The van der Waals surface area contributed by atoms with E-state index >= 15 is 0 Å². The maximum absolute atomic E-state index is 9.31. The summed E-state index contributed by atoms with van der Waals surface area (Å²) in [4.78, 5) is 0. The zero-order valence-corrected chi connectivity index (χ0v) is 9.45. The monoisotopic (exact) mass is 210 g/mol. The van der Waals surface area contributed by atoms with E-state index in [1.165, 1.54) is 0 Å². The van der Waals surface area contributed by atoms with E-state index in [0.29, 0.717) is 5.75 Å². The highest BCUT2D eigenvalue weighted by Gasteiger charge is 2.24. The van der Waals surface area contributed by atoms with Crippen LogP contribution in [-0.2, 0) is 12.0 Å². The summed E-state index contributed by atoms with van der Waals surface area (Å²) in [6.45, 7) is 3.86. The Balaban J connectivity index is 3.29. The first-order valence-corrected chi connectivity index (χ1v) is 4.95. The third kappa shape index (κ3) is 2.30. The molecular weight excluding hydrogens is 192 g/mol. The van der Waals surface area contributed by atoms with E-state index in [9.17, 15) is 5.11 Å². The normalized spacial score (nSPS) is 11.5. The number of ether oxygens (including phenoxy) is 1. The van der Waals surface area contributed by atoms with Crippen LogP contribution in [0.1, 0.15) is 25.0 Å². The van der Waals surface area contributed by atoms with Gasteiger partial charge in [-0.2, -0.15) is 0 Å². The first-order chi connectivity index (χ1) is 7.06. The van der Waals surface area contributed by atoms with Gasteiger partial charge in [0.2, 0.25) is 0 Å². The summed E-state index contributed by atoms with van der Waals surface area (Å²) in [5, 5.41) is 18.5. The molecule has 0 radical (unpaired) electrons. The van der Waals surface area contributed by atoms with Crippen LogP contribution in [-0.4, -0.2) is 23.9 Å². The minimum atomic E-state index is -0.365. The Hall–Kier alpha value is -1.06. The molecule has 0 heterocycles. The highest BCUT2D eigenvalue weighted by Crippen LogP contribution is 2.33. The summed E-state index contributed by atoms with van der Waals surface area (Å²) in [6.07, 6.45) is 0. The molecule has 0 saturated carbocycles. The summed E-state index contributed by atoms with van der Waals surface area (Å²) in [5.74, 6) is 0.666. The third-order valence-corrected chi connectivity index (χ3v) is 2.60. The molecule has 3 nitrogen and oxygen atoms in total. The van der Waals surface area contributed by atoms with E-state index in [2.05, 4.69) is 0 Å². The second-order valence-corrected chi connectivity index (χ2v) is 4.20. The SMILES string of the molecule is COc1c(CO)cccc1C(C)(C)CO. The van der Waals surface area contributed by atoms with E-state index in [-0.39, 0.29) is 18.6 Å². The van der Waals surface area contributed by atoms with Crippen LogP contribution in [0.15, 0.2) is 18.2 Å². The Morgan fingerprint density at radius 1 is 1.27 bits per heavy atom. The van der Waals surface area contributed by atoms with E-state index in [4.69, 9.17) is 9.84 Å². The second-order valence-electron chi connectivity index (χ2n) is 4.20. The molecule has 0 aliphatic carbocycles. The average molecular weight is 210 g/mol. The summed E-state index contributed by atoms with van der Waals surface area (Å²) >= 11 is 0. The van der Waals surface area contributed by atoms with Crippen molar-refractivity contribution < 1.29 is 14.9 Å². The van der Waals surface area contributed by atoms with Crippen LogP contribution in [0, 0.1) is 0 Å². The molecule has 0 fully saturated rings. The number of rotatable bonds is 4. The molecule has 1 rings (SSSR count). The Kier molecular flexibility index (Phi) is 3.72. The quantitative estimate of drug-likeness (QED) is 0.791. The number of aliphatic hydroxyl groups excluding tert-OH is 2. The second kappa shape index (κ2) is 4.64. The van der Waals surface area contributed by atoms with Gasteiger partial charge in [0.1, 0.15) is 5.75 Å². The molecule has 0 bridgehead atoms. The minimum Gasteiger partial charge on any atom is -0.496 e. The summed E-state index contributed by atoms with van der Waals surface area (Å²) in [6, 6.07) is 5.59. The van der Waals surface area contributed by atoms with Gasteiger partial charge in [-0.3, -0.25) is 0 Å². The standard InChI is InChI=1S/C12H18O3/c1-12(2,8-14)10-6-4-5-9(7-13)11(10)15-3/h4-6,13-14H,7-8H2,1-3H3. The highest BCUT2D eigenvalue weighted by atomic mass is 16.5. The molecule has 0 spiro atoms. The predicted molar refractivity (Wildman–Crippen MR) is 59.0 cm³/mol. The number of para-hydroxylation sites is 1. The van der Waals surface area contributed by atoms with E-state index in [0.717, 1.165) is 11.1 Å². The Labute approximate surface area is 90.3 Å². The van der Waals surface area contributed by atoms with Crippen molar-refractivity contribution in [3.05, 3.63) is 29.3 Å². The zero-order chi connectivity index (χ0) is 11.5. The van der Waals surface area contributed by atoms with Gasteiger partial charge in [0, 0.05) is 16.5 Å². The van der Waals surface area contributed by atoms with Crippen LogP contribution in [0.4, 0.5) is 0 Å². The lowest BCUT2D eigenvalue weighted by Gasteiger charge is -2.25. The highest BCUT2D eigenvalue weighted by molar-refractivity contribution is 5.45. The lowest BCUT2D eigenvalue weighted by molar-refractivity contribution is 0.213. The fourth-order valence-corrected chi connectivity index (χ4v) is 1.57. The van der Waals surface area contributed by atoms with Crippen LogP contribution in [0.5, 0.6) is 5.75 Å². The fraction of sp³-hybridized carbons (Fsp3) is 0.500. The molecular formula is C12H18O3. The fourth-order valence-electron chi connectivity index (χ4n) is 1.57. The first kappa shape index (κ1) is 12.0. The van der Waals surface area contributed by atoms with Crippen LogP contribution >= 0.6 is 0 Å². The number of hydrogen-bond donors (Lipinski definition) is 2. The summed E-state index contributed by atoms with van der Waals surface area (Å²) < 4.78 is 5.28. The molecule has 0 saturated heterocycles. The number of hydrogen-bond acceptors (Lipinski definition) is 3. The van der Waals surface area contributed by atoms with Gasteiger partial charge >= 0.3 is 0 Å². The van der Waals surface area contributed by atoms with Gasteiger partial charge in [0.15, 0.2) is 0 Å². The molecule has 84 valence electrons. The van der Waals surface area contributed by atoms with Crippen molar-refractivity contribution in [2.24, 2.45) is 0 Å². The smallest absolute Gasteiger partial charge is 0.128 e. The van der Waals surface area contributed by atoms with Gasteiger partial charge in [-0.05, 0) is 0 Å². The Morgan fingerprint density at radius 3 is 2.40 bits per heavy atom. The molecule has 15 heavy (non-hydrogen) atoms. The molecule has 0 aromatic heterocycles. The van der Waals surface area contributed by atoms with Gasteiger partial charge in [-0.15, -0.1) is 0 Å². The minimum absolute atomic E-state index is 0.0399. The number of aliphatic hydroxyl groups is 2. The number of methoxy groups -OCH3 is 1. The topological polar surface area (TPSA) is 49.7 Å². The van der Waals surface area contributed by atoms with Gasteiger partial charge < -0.3 is 14.9 Å². The zero-order valence-electron chi connectivity index (χ0n) is 9.45. The van der Waals surface area contributed by atoms with Crippen LogP contribution in [0.2, 0.25) is 0 Å². The molecule has 0 amide bonds. The predicted octanol–water partition coefficient (Wildman–Crippen LogP) is 1.46. The number of benzene rings is 1. The lowest BCUT2D eigenvalue weighted by Crippen LogP contribution is -2.23. The van der Waals surface area contributed by atoms with Gasteiger partial charge in [-0.1, -0.05) is 32.0 Å². The molecule has 2 N–H and O–H groups in total. The molecule has 1 aromatic carbocycles. The van der Waals surface area contributed by atoms with Crippen LogP contribution < -0.4 is 4.74 Å².